The van der Waals surface area contributed by atoms with Gasteiger partial charge in [0.2, 0.25) is 0 Å². The zero-order valence-electron chi connectivity index (χ0n) is 8.34. The fourth-order valence-electron chi connectivity index (χ4n) is 0.786. The summed E-state index contributed by atoms with van der Waals surface area (Å²) in [6.07, 6.45) is 2.77. The van der Waals surface area contributed by atoms with Gasteiger partial charge in [-0.15, -0.1) is 0 Å². The van der Waals surface area contributed by atoms with Crippen LogP contribution >= 0.6 is 15.9 Å². The van der Waals surface area contributed by atoms with Crippen molar-refractivity contribution < 1.29 is 9.53 Å². The van der Waals surface area contributed by atoms with Gasteiger partial charge in [-0.2, -0.15) is 0 Å². The summed E-state index contributed by atoms with van der Waals surface area (Å²) in [5.74, 6) is -0.254. The Morgan fingerprint density at radius 3 is 2.62 bits per heavy atom. The summed E-state index contributed by atoms with van der Waals surface area (Å²) in [7, 11) is 4.00. The van der Waals surface area contributed by atoms with Crippen molar-refractivity contribution >= 4 is 21.9 Å². The van der Waals surface area contributed by atoms with Crippen molar-refractivity contribution in [1.29, 1.82) is 0 Å². The lowest BCUT2D eigenvalue weighted by Crippen LogP contribution is -2.12. The van der Waals surface area contributed by atoms with Gasteiger partial charge >= 0.3 is 5.97 Å². The Morgan fingerprint density at radius 1 is 1.54 bits per heavy atom. The van der Waals surface area contributed by atoms with Crippen LogP contribution in [0.4, 0.5) is 0 Å². The van der Waals surface area contributed by atoms with E-state index in [1.807, 2.05) is 20.2 Å². The maximum atomic E-state index is 11.1. The minimum absolute atomic E-state index is 0.254. The van der Waals surface area contributed by atoms with Crippen LogP contribution in [0.2, 0.25) is 0 Å². The van der Waals surface area contributed by atoms with E-state index < -0.39 is 0 Å². The number of hydrogen-bond acceptors (Lipinski definition) is 3. The monoisotopic (exact) mass is 249 g/mol. The Morgan fingerprint density at radius 2 is 2.15 bits per heavy atom. The van der Waals surface area contributed by atoms with E-state index in [9.17, 15) is 4.79 Å². The number of ether oxygens (including phenoxy) is 1. The summed E-state index contributed by atoms with van der Waals surface area (Å²) in [5.41, 5.74) is 0.923. The quantitative estimate of drug-likeness (QED) is 0.423. The third kappa shape index (κ3) is 6.78. The first kappa shape index (κ1) is 12.7. The minimum atomic E-state index is -0.254. The van der Waals surface area contributed by atoms with E-state index >= 15 is 0 Å². The molecule has 13 heavy (non-hydrogen) atoms. The number of halogens is 1. The van der Waals surface area contributed by atoms with Crippen molar-refractivity contribution in [2.24, 2.45) is 0 Å². The fraction of sp³-hybridized carbons (Fsp3) is 0.667. The Labute approximate surface area is 87.9 Å². The van der Waals surface area contributed by atoms with E-state index in [4.69, 9.17) is 4.74 Å². The number of esters is 1. The van der Waals surface area contributed by atoms with Crippen LogP contribution in [0.3, 0.4) is 0 Å². The van der Waals surface area contributed by atoms with Gasteiger partial charge in [0.1, 0.15) is 5.52 Å². The summed E-state index contributed by atoms with van der Waals surface area (Å²) in [6.45, 7) is 2.71. The molecule has 0 aliphatic carbocycles. The number of nitrogens with zero attached hydrogens (tertiary/aromatic N) is 1. The molecule has 0 aliphatic heterocycles. The molecule has 0 aromatic carbocycles. The number of carbonyl (C=O) groups is 1. The molecule has 0 fully saturated rings. The summed E-state index contributed by atoms with van der Waals surface area (Å²) in [4.78, 5) is 13.2. The van der Waals surface area contributed by atoms with E-state index in [0.29, 0.717) is 5.57 Å². The zero-order valence-corrected chi connectivity index (χ0v) is 9.93. The van der Waals surface area contributed by atoms with E-state index in [0.717, 1.165) is 13.0 Å². The predicted octanol–water partition coefficient (Wildman–Crippen LogP) is 1.78. The van der Waals surface area contributed by atoms with Crippen LogP contribution in [0.25, 0.3) is 0 Å². The van der Waals surface area contributed by atoms with Crippen molar-refractivity contribution in [2.75, 3.05) is 26.2 Å². The van der Waals surface area contributed by atoms with Gasteiger partial charge in [-0.3, -0.25) is 0 Å². The van der Waals surface area contributed by atoms with Crippen molar-refractivity contribution in [1.82, 2.24) is 4.90 Å². The van der Waals surface area contributed by atoms with Crippen molar-refractivity contribution in [3.05, 3.63) is 11.6 Å². The fourth-order valence-corrected chi connectivity index (χ4v) is 0.994. The summed E-state index contributed by atoms with van der Waals surface area (Å²) in [5, 5.41) is 0. The van der Waals surface area contributed by atoms with Crippen molar-refractivity contribution in [2.45, 2.75) is 13.3 Å². The van der Waals surface area contributed by atoms with Gasteiger partial charge < -0.3 is 9.64 Å². The van der Waals surface area contributed by atoms with Crippen LogP contribution in [0.15, 0.2) is 11.6 Å². The minimum Gasteiger partial charge on any atom is -0.451 e. The third-order valence-electron chi connectivity index (χ3n) is 1.53. The van der Waals surface area contributed by atoms with Crippen molar-refractivity contribution in [3.8, 4) is 0 Å². The molecule has 0 aromatic rings. The standard InChI is InChI=1S/C9H16BrNO2/c1-8(9(12)13-7-10)5-4-6-11(2)3/h5H,4,6-7H2,1-3H3. The van der Waals surface area contributed by atoms with Crippen LogP contribution in [-0.4, -0.2) is 37.0 Å². The molecular weight excluding hydrogens is 234 g/mol. The average Bonchev–Trinajstić information content (AvgIpc) is 2.04. The Kier molecular flexibility index (Phi) is 6.90. The van der Waals surface area contributed by atoms with Crippen LogP contribution < -0.4 is 0 Å². The van der Waals surface area contributed by atoms with Gasteiger partial charge in [0.05, 0.1) is 0 Å². The second-order valence-corrected chi connectivity index (χ2v) is 3.48. The normalized spacial score (nSPS) is 11.9. The maximum absolute atomic E-state index is 11.1. The first-order valence-corrected chi connectivity index (χ1v) is 5.24. The van der Waals surface area contributed by atoms with Crippen LogP contribution in [0.1, 0.15) is 13.3 Å². The first-order valence-electron chi connectivity index (χ1n) is 4.12. The number of alkyl halides is 1. The third-order valence-corrected chi connectivity index (χ3v) is 1.76. The van der Waals surface area contributed by atoms with Crippen LogP contribution in [0, 0.1) is 0 Å². The van der Waals surface area contributed by atoms with Gasteiger partial charge in [-0.05, 0) is 43.4 Å². The summed E-state index contributed by atoms with van der Waals surface area (Å²) < 4.78 is 4.76. The smallest absolute Gasteiger partial charge is 0.334 e. The first-order chi connectivity index (χ1) is 6.07. The topological polar surface area (TPSA) is 29.5 Å². The maximum Gasteiger partial charge on any atom is 0.334 e. The van der Waals surface area contributed by atoms with Gasteiger partial charge in [-0.1, -0.05) is 6.08 Å². The highest BCUT2D eigenvalue weighted by atomic mass is 79.9. The zero-order chi connectivity index (χ0) is 10.3. The molecular formula is C9H16BrNO2. The van der Waals surface area contributed by atoms with Gasteiger partial charge in [0.15, 0.2) is 0 Å². The summed E-state index contributed by atoms with van der Waals surface area (Å²) >= 11 is 3.03. The molecule has 76 valence electrons. The predicted molar refractivity (Wildman–Crippen MR) is 56.8 cm³/mol. The van der Waals surface area contributed by atoms with E-state index in [2.05, 4.69) is 20.8 Å². The van der Waals surface area contributed by atoms with E-state index in [1.165, 1.54) is 0 Å². The Bertz CT molecular complexity index is 190. The second-order valence-electron chi connectivity index (χ2n) is 3.02. The molecule has 4 heteroatoms. The molecule has 0 rings (SSSR count). The molecule has 0 aromatic heterocycles. The van der Waals surface area contributed by atoms with Gasteiger partial charge in [0, 0.05) is 12.1 Å². The molecule has 3 nitrogen and oxygen atoms in total. The highest BCUT2D eigenvalue weighted by Crippen LogP contribution is 2.00. The lowest BCUT2D eigenvalue weighted by molar-refractivity contribution is -0.136. The molecule has 0 bridgehead atoms. The molecule has 0 saturated carbocycles. The Hall–Kier alpha value is -0.350. The van der Waals surface area contributed by atoms with E-state index in [1.54, 1.807) is 6.92 Å². The van der Waals surface area contributed by atoms with E-state index in [-0.39, 0.29) is 11.5 Å². The molecule has 0 saturated heterocycles. The van der Waals surface area contributed by atoms with Gasteiger partial charge in [-0.25, -0.2) is 4.79 Å². The summed E-state index contributed by atoms with van der Waals surface area (Å²) in [6, 6.07) is 0. The molecule has 0 atom stereocenters. The molecule has 0 aliphatic rings. The van der Waals surface area contributed by atoms with Gasteiger partial charge in [0.25, 0.3) is 0 Å². The van der Waals surface area contributed by atoms with Crippen LogP contribution in [0.5, 0.6) is 0 Å². The second kappa shape index (κ2) is 7.09. The van der Waals surface area contributed by atoms with Crippen LogP contribution in [-0.2, 0) is 9.53 Å². The molecule has 0 unspecified atom stereocenters. The molecule has 0 spiro atoms. The largest absolute Gasteiger partial charge is 0.451 e. The lowest BCUT2D eigenvalue weighted by atomic mass is 10.2. The lowest BCUT2D eigenvalue weighted by Gasteiger charge is -2.06. The average molecular weight is 250 g/mol. The Balaban J connectivity index is 3.80. The molecule has 0 amide bonds. The molecule has 0 N–H and O–H groups in total. The molecule has 0 radical (unpaired) electrons. The number of rotatable bonds is 5. The molecule has 0 heterocycles. The van der Waals surface area contributed by atoms with Crippen molar-refractivity contribution in [3.63, 3.8) is 0 Å². The highest BCUT2D eigenvalue weighted by Gasteiger charge is 2.03. The number of hydrogen-bond donors (Lipinski definition) is 0. The SMILES string of the molecule is CC(=CCCN(C)C)C(=O)OCBr. The number of carbonyl (C=O) groups excluding carboxylic acids is 1. The highest BCUT2D eigenvalue weighted by molar-refractivity contribution is 9.09.